The van der Waals surface area contributed by atoms with E-state index in [9.17, 15) is 4.39 Å². The highest BCUT2D eigenvalue weighted by molar-refractivity contribution is 6.09. The second kappa shape index (κ2) is 7.24. The van der Waals surface area contributed by atoms with Gasteiger partial charge in [-0.05, 0) is 62.2 Å². The van der Waals surface area contributed by atoms with E-state index >= 15 is 0 Å². The maximum absolute atomic E-state index is 13.4. The molecule has 0 unspecified atom stereocenters. The van der Waals surface area contributed by atoms with Crippen molar-refractivity contribution in [3.63, 3.8) is 0 Å². The minimum Gasteiger partial charge on any atom is -0.309 e. The Balaban J connectivity index is 1.89. The molecular formula is C25H22FN. The van der Waals surface area contributed by atoms with Crippen LogP contribution >= 0.6 is 0 Å². The zero-order chi connectivity index (χ0) is 18.8. The van der Waals surface area contributed by atoms with Crippen LogP contribution in [-0.4, -0.2) is 4.57 Å². The summed E-state index contributed by atoms with van der Waals surface area (Å²) >= 11 is 0. The van der Waals surface area contributed by atoms with E-state index in [1.165, 1.54) is 34.0 Å². The Bertz CT molecular complexity index is 1160. The highest BCUT2D eigenvalue weighted by Gasteiger charge is 2.12. The first-order valence-electron chi connectivity index (χ1n) is 9.25. The SMILES string of the molecule is C/C=C(C)\C=C/Cc1ccc2c3ccccc3n(-c3ccc(F)cc3)c2c1. The monoisotopic (exact) mass is 355 g/mol. The van der Waals surface area contributed by atoms with Crippen LogP contribution < -0.4 is 0 Å². The number of hydrogen-bond donors (Lipinski definition) is 0. The van der Waals surface area contributed by atoms with Gasteiger partial charge in [-0.2, -0.15) is 0 Å². The molecule has 0 saturated heterocycles. The predicted molar refractivity (Wildman–Crippen MR) is 113 cm³/mol. The lowest BCUT2D eigenvalue weighted by Crippen LogP contribution is -1.94. The van der Waals surface area contributed by atoms with Crippen LogP contribution in [0, 0.1) is 5.82 Å². The van der Waals surface area contributed by atoms with Gasteiger partial charge < -0.3 is 4.57 Å². The number of fused-ring (bicyclic) bond motifs is 3. The maximum Gasteiger partial charge on any atom is 0.123 e. The third kappa shape index (κ3) is 3.31. The second-order valence-corrected chi connectivity index (χ2v) is 6.82. The highest BCUT2D eigenvalue weighted by atomic mass is 19.1. The van der Waals surface area contributed by atoms with Gasteiger partial charge in [0.1, 0.15) is 5.82 Å². The molecule has 1 heterocycles. The topological polar surface area (TPSA) is 4.93 Å². The number of rotatable bonds is 4. The van der Waals surface area contributed by atoms with E-state index in [4.69, 9.17) is 0 Å². The van der Waals surface area contributed by atoms with Crippen LogP contribution in [0.25, 0.3) is 27.5 Å². The van der Waals surface area contributed by atoms with E-state index in [0.717, 1.165) is 23.1 Å². The van der Waals surface area contributed by atoms with Crippen molar-refractivity contribution in [2.24, 2.45) is 0 Å². The molecule has 0 aliphatic carbocycles. The van der Waals surface area contributed by atoms with Crippen molar-refractivity contribution in [3.05, 3.63) is 102 Å². The zero-order valence-electron chi connectivity index (χ0n) is 15.6. The first-order chi connectivity index (χ1) is 13.2. The Morgan fingerprint density at radius 3 is 2.44 bits per heavy atom. The molecule has 0 aliphatic rings. The summed E-state index contributed by atoms with van der Waals surface area (Å²) in [6.45, 7) is 4.15. The summed E-state index contributed by atoms with van der Waals surface area (Å²) in [6.07, 6.45) is 7.33. The van der Waals surface area contributed by atoms with Crippen molar-refractivity contribution < 1.29 is 4.39 Å². The van der Waals surface area contributed by atoms with E-state index in [0.29, 0.717) is 0 Å². The molecule has 27 heavy (non-hydrogen) atoms. The van der Waals surface area contributed by atoms with Crippen molar-refractivity contribution in [3.8, 4) is 5.69 Å². The smallest absolute Gasteiger partial charge is 0.123 e. The fraction of sp³-hybridized carbons (Fsp3) is 0.120. The predicted octanol–water partition coefficient (Wildman–Crippen LogP) is 6.99. The van der Waals surface area contributed by atoms with Crippen molar-refractivity contribution in [1.82, 2.24) is 4.57 Å². The van der Waals surface area contributed by atoms with Gasteiger partial charge in [0.15, 0.2) is 0 Å². The van der Waals surface area contributed by atoms with Crippen molar-refractivity contribution in [2.75, 3.05) is 0 Å². The second-order valence-electron chi connectivity index (χ2n) is 6.82. The van der Waals surface area contributed by atoms with Gasteiger partial charge in [-0.25, -0.2) is 4.39 Å². The number of halogens is 1. The van der Waals surface area contributed by atoms with Gasteiger partial charge >= 0.3 is 0 Å². The highest BCUT2D eigenvalue weighted by Crippen LogP contribution is 2.32. The molecule has 0 radical (unpaired) electrons. The zero-order valence-corrected chi connectivity index (χ0v) is 15.6. The fourth-order valence-corrected chi connectivity index (χ4v) is 3.49. The first-order valence-corrected chi connectivity index (χ1v) is 9.25. The van der Waals surface area contributed by atoms with Crippen LogP contribution in [0.3, 0.4) is 0 Å². The van der Waals surface area contributed by atoms with E-state index in [1.807, 2.05) is 25.1 Å². The molecule has 0 amide bonds. The number of benzene rings is 3. The van der Waals surface area contributed by atoms with E-state index in [-0.39, 0.29) is 5.82 Å². The van der Waals surface area contributed by atoms with Gasteiger partial charge in [0.2, 0.25) is 0 Å². The summed E-state index contributed by atoms with van der Waals surface area (Å²) < 4.78 is 15.6. The molecule has 1 nitrogen and oxygen atoms in total. The van der Waals surface area contributed by atoms with E-state index in [2.05, 4.69) is 66.1 Å². The van der Waals surface area contributed by atoms with Crippen molar-refractivity contribution >= 4 is 21.8 Å². The Morgan fingerprint density at radius 1 is 0.926 bits per heavy atom. The number of aromatic nitrogens is 1. The third-order valence-electron chi connectivity index (χ3n) is 5.01. The summed E-state index contributed by atoms with van der Waals surface area (Å²) in [7, 11) is 0. The van der Waals surface area contributed by atoms with Crippen LogP contribution in [0.5, 0.6) is 0 Å². The summed E-state index contributed by atoms with van der Waals surface area (Å²) in [4.78, 5) is 0. The standard InChI is InChI=1S/C25H22FN/c1-3-18(2)7-6-8-19-11-16-23-22-9-4-5-10-24(22)27(25(23)17-19)21-14-12-20(26)13-15-21/h3-7,9-17H,8H2,1-2H3/b7-6-,18-3-. The molecule has 0 bridgehead atoms. The summed E-state index contributed by atoms with van der Waals surface area (Å²) in [6, 6.07) is 21.7. The van der Waals surface area contributed by atoms with Gasteiger partial charge in [0, 0.05) is 16.5 Å². The molecule has 3 aromatic carbocycles. The minimum atomic E-state index is -0.218. The molecule has 4 rings (SSSR count). The van der Waals surface area contributed by atoms with E-state index in [1.54, 1.807) is 0 Å². The summed E-state index contributed by atoms with van der Waals surface area (Å²) in [5.41, 5.74) is 5.78. The lowest BCUT2D eigenvalue weighted by atomic mass is 10.1. The fourth-order valence-electron chi connectivity index (χ4n) is 3.49. The molecule has 0 spiro atoms. The Hall–Kier alpha value is -3.13. The van der Waals surface area contributed by atoms with Crippen LogP contribution in [-0.2, 0) is 6.42 Å². The number of para-hydroxylation sites is 1. The van der Waals surface area contributed by atoms with Gasteiger partial charge in [-0.3, -0.25) is 0 Å². The molecule has 134 valence electrons. The largest absolute Gasteiger partial charge is 0.309 e. The average molecular weight is 355 g/mol. The Labute approximate surface area is 159 Å². The third-order valence-corrected chi connectivity index (χ3v) is 5.01. The lowest BCUT2D eigenvalue weighted by Gasteiger charge is -2.08. The molecule has 0 N–H and O–H groups in total. The molecule has 1 aromatic heterocycles. The molecule has 0 fully saturated rings. The van der Waals surface area contributed by atoms with Gasteiger partial charge in [0.25, 0.3) is 0 Å². The normalized spacial score (nSPS) is 12.5. The van der Waals surface area contributed by atoms with Crippen LogP contribution in [0.2, 0.25) is 0 Å². The molecule has 2 heteroatoms. The summed E-state index contributed by atoms with van der Waals surface area (Å²) in [5, 5.41) is 2.43. The molecule has 0 atom stereocenters. The lowest BCUT2D eigenvalue weighted by molar-refractivity contribution is 0.627. The van der Waals surface area contributed by atoms with Crippen LogP contribution in [0.4, 0.5) is 4.39 Å². The Kier molecular flexibility index (Phi) is 4.64. The van der Waals surface area contributed by atoms with Crippen LogP contribution in [0.15, 0.2) is 90.5 Å². The maximum atomic E-state index is 13.4. The minimum absolute atomic E-state index is 0.218. The molecule has 0 saturated carbocycles. The molecular weight excluding hydrogens is 333 g/mol. The number of nitrogens with zero attached hydrogens (tertiary/aromatic N) is 1. The van der Waals surface area contributed by atoms with Crippen molar-refractivity contribution in [1.29, 1.82) is 0 Å². The number of allylic oxidation sites excluding steroid dienone is 4. The molecule has 4 aromatic rings. The van der Waals surface area contributed by atoms with Crippen molar-refractivity contribution in [2.45, 2.75) is 20.3 Å². The van der Waals surface area contributed by atoms with Gasteiger partial charge in [-0.1, -0.05) is 54.1 Å². The number of hydrogen-bond acceptors (Lipinski definition) is 0. The van der Waals surface area contributed by atoms with Gasteiger partial charge in [-0.15, -0.1) is 0 Å². The average Bonchev–Trinajstić information content (AvgIpc) is 3.02. The summed E-state index contributed by atoms with van der Waals surface area (Å²) in [5.74, 6) is -0.218. The quantitative estimate of drug-likeness (QED) is 0.348. The Morgan fingerprint density at radius 2 is 1.67 bits per heavy atom. The first kappa shape index (κ1) is 17.3. The van der Waals surface area contributed by atoms with E-state index < -0.39 is 0 Å². The van der Waals surface area contributed by atoms with Gasteiger partial charge in [0.05, 0.1) is 11.0 Å². The van der Waals surface area contributed by atoms with Crippen LogP contribution in [0.1, 0.15) is 19.4 Å². The molecule has 0 aliphatic heterocycles.